The predicted molar refractivity (Wildman–Crippen MR) is 110 cm³/mol. The van der Waals surface area contributed by atoms with Gasteiger partial charge in [-0.1, -0.05) is 17.3 Å². The highest BCUT2D eigenvalue weighted by Crippen LogP contribution is 2.28. The lowest BCUT2D eigenvalue weighted by atomic mass is 10.2. The third-order valence-electron chi connectivity index (χ3n) is 3.99. The molecular weight excluding hydrogens is 408 g/mol. The van der Waals surface area contributed by atoms with Crippen LogP contribution in [0.2, 0.25) is 0 Å². The van der Waals surface area contributed by atoms with Gasteiger partial charge in [-0.15, -0.1) is 11.8 Å². The summed E-state index contributed by atoms with van der Waals surface area (Å²) in [5.74, 6) is 1.41. The van der Waals surface area contributed by atoms with Crippen molar-refractivity contribution < 1.29 is 23.6 Å². The van der Waals surface area contributed by atoms with Gasteiger partial charge in [0, 0.05) is 10.5 Å². The number of hydrazine groups is 1. The highest BCUT2D eigenvalue weighted by atomic mass is 32.2. The third-order valence-corrected chi connectivity index (χ3v) is 5.05. The number of aryl methyl sites for hydroxylation is 1. The Morgan fingerprint density at radius 3 is 2.47 bits per heavy atom. The van der Waals surface area contributed by atoms with Crippen molar-refractivity contribution in [1.29, 1.82) is 0 Å². The van der Waals surface area contributed by atoms with E-state index in [-0.39, 0.29) is 0 Å². The number of carbonyl (C=O) groups is 2. The van der Waals surface area contributed by atoms with E-state index in [4.69, 9.17) is 14.0 Å². The Morgan fingerprint density at radius 2 is 1.77 bits per heavy atom. The predicted octanol–water partition coefficient (Wildman–Crippen LogP) is 2.76. The lowest BCUT2D eigenvalue weighted by molar-refractivity contribution is 0.0845. The summed E-state index contributed by atoms with van der Waals surface area (Å²) < 4.78 is 15.4. The first-order chi connectivity index (χ1) is 14.5. The van der Waals surface area contributed by atoms with Gasteiger partial charge in [0.15, 0.2) is 17.3 Å². The highest BCUT2D eigenvalue weighted by molar-refractivity contribution is 7.98. The second-order valence-electron chi connectivity index (χ2n) is 6.00. The van der Waals surface area contributed by atoms with Gasteiger partial charge in [0.1, 0.15) is 0 Å². The molecular formula is C20H20N4O5S. The fourth-order valence-electron chi connectivity index (χ4n) is 2.55. The normalized spacial score (nSPS) is 10.4. The topological polar surface area (TPSA) is 116 Å². The van der Waals surface area contributed by atoms with Crippen LogP contribution in [0.5, 0.6) is 11.5 Å². The molecule has 0 radical (unpaired) electrons. The number of rotatable bonds is 7. The first-order valence-electron chi connectivity index (χ1n) is 8.85. The number of thioether (sulfide) groups is 1. The summed E-state index contributed by atoms with van der Waals surface area (Å²) in [6, 6.07) is 11.7. The molecule has 2 N–H and O–H groups in total. The molecule has 0 aliphatic rings. The Morgan fingerprint density at radius 1 is 1.03 bits per heavy atom. The van der Waals surface area contributed by atoms with Gasteiger partial charge in [-0.05, 0) is 37.3 Å². The van der Waals surface area contributed by atoms with Crippen LogP contribution in [0.4, 0.5) is 0 Å². The summed E-state index contributed by atoms with van der Waals surface area (Å²) in [5.41, 5.74) is 5.55. The molecule has 2 amide bonds. The average molecular weight is 428 g/mol. The van der Waals surface area contributed by atoms with Crippen LogP contribution in [-0.4, -0.2) is 36.2 Å². The number of nitrogens with zero attached hydrogens (tertiary/aromatic N) is 2. The summed E-state index contributed by atoms with van der Waals surface area (Å²) >= 11 is 1.38. The third kappa shape index (κ3) is 5.09. The number of nitrogens with one attached hydrogen (secondary N) is 2. The SMILES string of the molecule is COc1ccc(C(=O)NNC(=O)c2ccccc2SCc2nc(C)no2)cc1OC. The molecule has 1 heterocycles. The number of aromatic nitrogens is 2. The number of hydrogen-bond acceptors (Lipinski definition) is 8. The van der Waals surface area contributed by atoms with E-state index in [9.17, 15) is 9.59 Å². The second kappa shape index (κ2) is 9.79. The Hall–Kier alpha value is -3.53. The highest BCUT2D eigenvalue weighted by Gasteiger charge is 2.15. The number of benzene rings is 2. The molecule has 0 fully saturated rings. The van der Waals surface area contributed by atoms with E-state index in [1.54, 1.807) is 37.3 Å². The number of hydrogen-bond donors (Lipinski definition) is 2. The minimum atomic E-state index is -0.490. The summed E-state index contributed by atoms with van der Waals surface area (Å²) in [6.45, 7) is 1.74. The number of methoxy groups -OCH3 is 2. The molecule has 30 heavy (non-hydrogen) atoms. The summed E-state index contributed by atoms with van der Waals surface area (Å²) in [7, 11) is 2.98. The lowest BCUT2D eigenvalue weighted by Crippen LogP contribution is -2.41. The van der Waals surface area contributed by atoms with Gasteiger partial charge in [0.2, 0.25) is 5.89 Å². The molecule has 1 aromatic heterocycles. The van der Waals surface area contributed by atoms with E-state index in [0.29, 0.717) is 45.0 Å². The summed E-state index contributed by atoms with van der Waals surface area (Å²) in [6.07, 6.45) is 0. The second-order valence-corrected chi connectivity index (χ2v) is 7.02. The Kier molecular flexibility index (Phi) is 6.91. The molecule has 0 saturated carbocycles. The first kappa shape index (κ1) is 21.2. The Balaban J connectivity index is 1.64. The maximum Gasteiger partial charge on any atom is 0.270 e. The van der Waals surface area contributed by atoms with Crippen molar-refractivity contribution in [2.24, 2.45) is 0 Å². The van der Waals surface area contributed by atoms with Crippen LogP contribution in [-0.2, 0) is 5.75 Å². The zero-order valence-electron chi connectivity index (χ0n) is 16.6. The monoisotopic (exact) mass is 428 g/mol. The van der Waals surface area contributed by atoms with E-state index >= 15 is 0 Å². The van der Waals surface area contributed by atoms with Gasteiger partial charge >= 0.3 is 0 Å². The average Bonchev–Trinajstić information content (AvgIpc) is 3.20. The van der Waals surface area contributed by atoms with E-state index in [0.717, 1.165) is 0 Å². The van der Waals surface area contributed by atoms with Crippen molar-refractivity contribution in [3.63, 3.8) is 0 Å². The molecule has 0 atom stereocenters. The van der Waals surface area contributed by atoms with Crippen LogP contribution < -0.4 is 20.3 Å². The molecule has 156 valence electrons. The van der Waals surface area contributed by atoms with E-state index in [1.165, 1.54) is 32.0 Å². The van der Waals surface area contributed by atoms with E-state index < -0.39 is 11.8 Å². The summed E-state index contributed by atoms with van der Waals surface area (Å²) in [5, 5.41) is 3.74. The van der Waals surface area contributed by atoms with Gasteiger partial charge in [0.05, 0.1) is 25.5 Å². The molecule has 9 nitrogen and oxygen atoms in total. The largest absolute Gasteiger partial charge is 0.493 e. The van der Waals surface area contributed by atoms with Crippen molar-refractivity contribution in [3.8, 4) is 11.5 Å². The molecule has 0 unspecified atom stereocenters. The van der Waals surface area contributed by atoms with Crippen LogP contribution in [0.15, 0.2) is 51.9 Å². The molecule has 3 rings (SSSR count). The molecule has 0 bridgehead atoms. The zero-order valence-corrected chi connectivity index (χ0v) is 17.4. The van der Waals surface area contributed by atoms with Crippen LogP contribution in [0.3, 0.4) is 0 Å². The van der Waals surface area contributed by atoms with Gasteiger partial charge in [-0.3, -0.25) is 20.4 Å². The standard InChI is InChI=1S/C20H20N4O5S/c1-12-21-18(29-24-12)11-30-17-7-5-4-6-14(17)20(26)23-22-19(25)13-8-9-15(27-2)16(10-13)28-3/h4-10H,11H2,1-3H3,(H,22,25)(H,23,26). The van der Waals surface area contributed by atoms with Crippen molar-refractivity contribution >= 4 is 23.6 Å². The Bertz CT molecular complexity index is 1050. The van der Waals surface area contributed by atoms with Crippen molar-refractivity contribution in [2.75, 3.05) is 14.2 Å². The molecule has 0 spiro atoms. The zero-order chi connectivity index (χ0) is 21.5. The van der Waals surface area contributed by atoms with Crippen molar-refractivity contribution in [2.45, 2.75) is 17.6 Å². The molecule has 0 aliphatic heterocycles. The minimum Gasteiger partial charge on any atom is -0.493 e. The lowest BCUT2D eigenvalue weighted by Gasteiger charge is -2.12. The quantitative estimate of drug-likeness (QED) is 0.436. The van der Waals surface area contributed by atoms with Crippen LogP contribution in [0, 0.1) is 6.92 Å². The van der Waals surface area contributed by atoms with Crippen LogP contribution >= 0.6 is 11.8 Å². The van der Waals surface area contributed by atoms with Crippen molar-refractivity contribution in [1.82, 2.24) is 21.0 Å². The number of amides is 2. The van der Waals surface area contributed by atoms with E-state index in [1.807, 2.05) is 6.07 Å². The fourth-order valence-corrected chi connectivity index (χ4v) is 3.44. The van der Waals surface area contributed by atoms with Gasteiger partial charge in [0.25, 0.3) is 11.8 Å². The maximum absolute atomic E-state index is 12.6. The Labute approximate surface area is 177 Å². The van der Waals surface area contributed by atoms with Crippen molar-refractivity contribution in [3.05, 3.63) is 65.3 Å². The smallest absolute Gasteiger partial charge is 0.270 e. The molecule has 0 saturated heterocycles. The summed E-state index contributed by atoms with van der Waals surface area (Å²) in [4.78, 5) is 29.9. The molecule has 10 heteroatoms. The first-order valence-corrected chi connectivity index (χ1v) is 9.84. The van der Waals surface area contributed by atoms with Gasteiger partial charge in [-0.25, -0.2) is 0 Å². The molecule has 0 aliphatic carbocycles. The van der Waals surface area contributed by atoms with Gasteiger partial charge in [-0.2, -0.15) is 4.98 Å². The van der Waals surface area contributed by atoms with Gasteiger partial charge < -0.3 is 14.0 Å². The maximum atomic E-state index is 12.6. The number of ether oxygens (including phenoxy) is 2. The molecule has 3 aromatic rings. The molecule has 2 aromatic carbocycles. The van der Waals surface area contributed by atoms with Crippen LogP contribution in [0.1, 0.15) is 32.4 Å². The minimum absolute atomic E-state index is 0.308. The number of carbonyl (C=O) groups excluding carboxylic acids is 2. The van der Waals surface area contributed by atoms with Crippen LogP contribution in [0.25, 0.3) is 0 Å². The fraction of sp³-hybridized carbons (Fsp3) is 0.200. The van der Waals surface area contributed by atoms with E-state index in [2.05, 4.69) is 21.0 Å².